The van der Waals surface area contributed by atoms with E-state index in [0.717, 1.165) is 18.4 Å². The third-order valence-electron chi connectivity index (χ3n) is 4.31. The van der Waals surface area contributed by atoms with Crippen LogP contribution in [0.15, 0.2) is 60.7 Å². The van der Waals surface area contributed by atoms with Crippen molar-refractivity contribution in [3.05, 3.63) is 71.8 Å². The minimum Gasteiger partial charge on any atom is -0.383 e. The number of amides is 1. The molecule has 3 heteroatoms. The van der Waals surface area contributed by atoms with Crippen LogP contribution in [0.2, 0.25) is 0 Å². The van der Waals surface area contributed by atoms with E-state index in [1.54, 1.807) is 0 Å². The van der Waals surface area contributed by atoms with Gasteiger partial charge < -0.3 is 10.0 Å². The lowest BCUT2D eigenvalue weighted by Crippen LogP contribution is -2.34. The summed E-state index contributed by atoms with van der Waals surface area (Å²) < 4.78 is 0. The largest absolute Gasteiger partial charge is 0.383 e. The zero-order chi connectivity index (χ0) is 15.4. The lowest BCUT2D eigenvalue weighted by atomic mass is 10.0. The van der Waals surface area contributed by atoms with Gasteiger partial charge in [0.1, 0.15) is 6.10 Å². The van der Waals surface area contributed by atoms with E-state index in [2.05, 4.69) is 12.1 Å². The van der Waals surface area contributed by atoms with Gasteiger partial charge in [-0.15, -0.1) is 0 Å². The van der Waals surface area contributed by atoms with E-state index in [-0.39, 0.29) is 11.9 Å². The second-order valence-corrected chi connectivity index (χ2v) is 5.88. The van der Waals surface area contributed by atoms with Crippen LogP contribution in [0.3, 0.4) is 0 Å². The van der Waals surface area contributed by atoms with E-state index < -0.39 is 6.10 Å². The Bertz CT molecular complexity index is 612. The first-order valence-corrected chi connectivity index (χ1v) is 7.80. The average Bonchev–Trinajstić information content (AvgIpc) is 2.83. The first-order valence-electron chi connectivity index (χ1n) is 7.80. The van der Waals surface area contributed by atoms with Gasteiger partial charge in [0.25, 0.3) is 5.91 Å². The maximum absolute atomic E-state index is 12.2. The molecule has 22 heavy (non-hydrogen) atoms. The topological polar surface area (TPSA) is 40.5 Å². The molecule has 1 fully saturated rings. The van der Waals surface area contributed by atoms with Crippen molar-refractivity contribution >= 4 is 5.91 Å². The summed E-state index contributed by atoms with van der Waals surface area (Å²) in [7, 11) is 0. The number of carbonyl (C=O) groups excluding carboxylic acids is 1. The maximum atomic E-state index is 12.2. The van der Waals surface area contributed by atoms with Gasteiger partial charge in [0.05, 0.1) is 0 Å². The van der Waals surface area contributed by atoms with Crippen LogP contribution in [0.1, 0.15) is 24.0 Å². The Morgan fingerprint density at radius 1 is 0.955 bits per heavy atom. The molecule has 1 amide bonds. The first-order chi connectivity index (χ1) is 10.7. The van der Waals surface area contributed by atoms with E-state index in [0.29, 0.717) is 13.0 Å². The summed E-state index contributed by atoms with van der Waals surface area (Å²) in [6.07, 6.45) is 1.51. The molecule has 114 valence electrons. The van der Waals surface area contributed by atoms with Crippen LogP contribution in [0.5, 0.6) is 0 Å². The molecule has 1 N–H and O–H groups in total. The highest BCUT2D eigenvalue weighted by Crippen LogP contribution is 2.25. The molecule has 2 aromatic rings. The van der Waals surface area contributed by atoms with Gasteiger partial charge >= 0.3 is 0 Å². The third kappa shape index (κ3) is 3.37. The lowest BCUT2D eigenvalue weighted by molar-refractivity contribution is -0.135. The van der Waals surface area contributed by atoms with Crippen molar-refractivity contribution in [2.75, 3.05) is 0 Å². The number of likely N-dealkylation sites (tertiary alicyclic amines) is 1. The summed E-state index contributed by atoms with van der Waals surface area (Å²) in [6.45, 7) is 0.580. The van der Waals surface area contributed by atoms with Crippen molar-refractivity contribution in [3.8, 4) is 0 Å². The van der Waals surface area contributed by atoms with E-state index in [1.807, 2.05) is 53.4 Å². The van der Waals surface area contributed by atoms with Crippen LogP contribution in [-0.2, 0) is 17.8 Å². The SMILES string of the molecule is O=C1[C@@H](O)C[C@@H](CCc2ccccc2)N1Cc1ccccc1. The van der Waals surface area contributed by atoms with E-state index >= 15 is 0 Å². The van der Waals surface area contributed by atoms with Gasteiger partial charge in [-0.2, -0.15) is 0 Å². The Hall–Kier alpha value is -2.13. The van der Waals surface area contributed by atoms with Gasteiger partial charge in [-0.25, -0.2) is 0 Å². The van der Waals surface area contributed by atoms with Crippen molar-refractivity contribution in [1.29, 1.82) is 0 Å². The van der Waals surface area contributed by atoms with Crippen LogP contribution in [0, 0.1) is 0 Å². The fraction of sp³-hybridized carbons (Fsp3) is 0.316. The molecule has 0 aliphatic carbocycles. The molecular formula is C19H21NO2. The molecule has 3 rings (SSSR count). The molecule has 0 bridgehead atoms. The second kappa shape index (κ2) is 6.75. The fourth-order valence-corrected chi connectivity index (χ4v) is 3.10. The molecule has 0 aromatic heterocycles. The van der Waals surface area contributed by atoms with Gasteiger partial charge in [0.2, 0.25) is 0 Å². The highest BCUT2D eigenvalue weighted by molar-refractivity contribution is 5.83. The number of nitrogens with zero attached hydrogens (tertiary/aromatic N) is 1. The Labute approximate surface area is 131 Å². The number of aliphatic hydroxyl groups is 1. The number of aryl methyl sites for hydroxylation is 1. The molecule has 0 saturated carbocycles. The maximum Gasteiger partial charge on any atom is 0.252 e. The number of carbonyl (C=O) groups is 1. The molecule has 1 aliphatic heterocycles. The highest BCUT2D eigenvalue weighted by atomic mass is 16.3. The van der Waals surface area contributed by atoms with Crippen LogP contribution >= 0.6 is 0 Å². The smallest absolute Gasteiger partial charge is 0.252 e. The second-order valence-electron chi connectivity index (χ2n) is 5.88. The predicted molar refractivity (Wildman–Crippen MR) is 86.2 cm³/mol. The Kier molecular flexibility index (Phi) is 4.54. The molecule has 0 spiro atoms. The molecule has 0 unspecified atom stereocenters. The van der Waals surface area contributed by atoms with E-state index in [9.17, 15) is 9.90 Å². The van der Waals surface area contributed by atoms with Gasteiger partial charge in [-0.1, -0.05) is 60.7 Å². The Morgan fingerprint density at radius 2 is 1.55 bits per heavy atom. The minimum atomic E-state index is -0.843. The summed E-state index contributed by atoms with van der Waals surface area (Å²) in [5.41, 5.74) is 2.38. The highest BCUT2D eigenvalue weighted by Gasteiger charge is 2.37. The Balaban J connectivity index is 1.67. The normalized spacial score (nSPS) is 21.3. The average molecular weight is 295 g/mol. The molecule has 2 aromatic carbocycles. The van der Waals surface area contributed by atoms with Crippen LogP contribution in [0.25, 0.3) is 0 Å². The zero-order valence-electron chi connectivity index (χ0n) is 12.6. The molecule has 2 atom stereocenters. The number of hydrogen-bond donors (Lipinski definition) is 1. The van der Waals surface area contributed by atoms with Crippen molar-refractivity contribution < 1.29 is 9.90 Å². The lowest BCUT2D eigenvalue weighted by Gasteiger charge is -2.24. The molecule has 3 nitrogen and oxygen atoms in total. The van der Waals surface area contributed by atoms with E-state index in [1.165, 1.54) is 5.56 Å². The Morgan fingerprint density at radius 3 is 2.18 bits per heavy atom. The molecule has 0 radical (unpaired) electrons. The number of benzene rings is 2. The molecule has 1 saturated heterocycles. The zero-order valence-corrected chi connectivity index (χ0v) is 12.6. The number of aliphatic hydroxyl groups excluding tert-OH is 1. The summed E-state index contributed by atoms with van der Waals surface area (Å²) in [5, 5.41) is 9.92. The number of rotatable bonds is 5. The van der Waals surface area contributed by atoms with Crippen LogP contribution in [0.4, 0.5) is 0 Å². The molecule has 1 heterocycles. The van der Waals surface area contributed by atoms with Crippen LogP contribution < -0.4 is 0 Å². The van der Waals surface area contributed by atoms with Crippen molar-refractivity contribution in [2.45, 2.75) is 38.0 Å². The quantitative estimate of drug-likeness (QED) is 0.921. The summed E-state index contributed by atoms with van der Waals surface area (Å²) in [6, 6.07) is 20.4. The minimum absolute atomic E-state index is 0.114. The monoisotopic (exact) mass is 295 g/mol. The van der Waals surface area contributed by atoms with Gasteiger partial charge in [-0.3, -0.25) is 4.79 Å². The van der Waals surface area contributed by atoms with Gasteiger partial charge in [0, 0.05) is 19.0 Å². The van der Waals surface area contributed by atoms with Crippen molar-refractivity contribution in [1.82, 2.24) is 4.90 Å². The van der Waals surface area contributed by atoms with E-state index in [4.69, 9.17) is 0 Å². The van der Waals surface area contributed by atoms with Crippen molar-refractivity contribution in [3.63, 3.8) is 0 Å². The van der Waals surface area contributed by atoms with Crippen LogP contribution in [-0.4, -0.2) is 28.1 Å². The summed E-state index contributed by atoms with van der Waals surface area (Å²) in [5.74, 6) is -0.137. The predicted octanol–water partition coefficient (Wildman–Crippen LogP) is 2.78. The van der Waals surface area contributed by atoms with Gasteiger partial charge in [0.15, 0.2) is 0 Å². The molecule has 1 aliphatic rings. The van der Waals surface area contributed by atoms with Crippen molar-refractivity contribution in [2.24, 2.45) is 0 Å². The molecular weight excluding hydrogens is 274 g/mol. The summed E-state index contributed by atoms with van der Waals surface area (Å²) >= 11 is 0. The first kappa shape index (κ1) is 14.8. The fourth-order valence-electron chi connectivity index (χ4n) is 3.10. The summed E-state index contributed by atoms with van der Waals surface area (Å²) in [4.78, 5) is 14.0. The number of hydrogen-bond acceptors (Lipinski definition) is 2. The standard InChI is InChI=1S/C19H21NO2/c21-18-13-17(12-11-15-7-3-1-4-8-15)20(19(18)22)14-16-9-5-2-6-10-16/h1-10,17-18,21H,11-14H2/t17-,18+/m1/s1. The third-order valence-corrected chi connectivity index (χ3v) is 4.31. The van der Waals surface area contributed by atoms with Gasteiger partial charge in [-0.05, 0) is 24.0 Å².